The zero-order chi connectivity index (χ0) is 10.4. The molecular weight excluding hydrogens is 198 g/mol. The molecule has 0 amide bonds. The van der Waals surface area contributed by atoms with E-state index in [1.54, 1.807) is 5.54 Å². The van der Waals surface area contributed by atoms with Crippen molar-refractivity contribution in [2.75, 3.05) is 19.7 Å². The fourth-order valence-corrected chi connectivity index (χ4v) is 2.16. The van der Waals surface area contributed by atoms with Crippen molar-refractivity contribution in [3.05, 3.63) is 11.1 Å². The van der Waals surface area contributed by atoms with Crippen molar-refractivity contribution in [2.45, 2.75) is 32.6 Å². The van der Waals surface area contributed by atoms with Crippen LogP contribution in [-0.2, 0) is 0 Å². The lowest BCUT2D eigenvalue weighted by atomic mass is 9.87. The summed E-state index contributed by atoms with van der Waals surface area (Å²) in [4.78, 5) is 0. The summed E-state index contributed by atoms with van der Waals surface area (Å²) in [5.74, 6) is 0. The molecule has 0 spiro atoms. The Labute approximate surface area is 91.3 Å². The van der Waals surface area contributed by atoms with Crippen LogP contribution in [0.2, 0.25) is 0 Å². The van der Waals surface area contributed by atoms with Gasteiger partial charge in [-0.05, 0) is 25.3 Å². The number of aliphatic hydroxyl groups excluding tert-OH is 1. The topological polar surface area (TPSA) is 32.3 Å². The third-order valence-electron chi connectivity index (χ3n) is 3.09. The quantitative estimate of drug-likeness (QED) is 0.741. The number of aliphatic hydroxyl groups is 1. The molecule has 82 valence electrons. The van der Waals surface area contributed by atoms with E-state index in [4.69, 9.17) is 11.6 Å². The molecule has 0 aliphatic heterocycles. The second-order valence-electron chi connectivity index (χ2n) is 4.42. The van der Waals surface area contributed by atoms with Gasteiger partial charge in [0.25, 0.3) is 0 Å². The van der Waals surface area contributed by atoms with Gasteiger partial charge < -0.3 is 10.4 Å². The zero-order valence-corrected chi connectivity index (χ0v) is 9.61. The van der Waals surface area contributed by atoms with Crippen LogP contribution < -0.4 is 5.32 Å². The van der Waals surface area contributed by atoms with E-state index in [0.29, 0.717) is 6.61 Å². The SMILES string of the molecule is CC(=CCl)CNCC1(CO)CCCC1. The average molecular weight is 218 g/mol. The summed E-state index contributed by atoms with van der Waals surface area (Å²) >= 11 is 5.56. The summed E-state index contributed by atoms with van der Waals surface area (Å²) in [6, 6.07) is 0. The first-order valence-electron chi connectivity index (χ1n) is 5.30. The van der Waals surface area contributed by atoms with E-state index < -0.39 is 0 Å². The molecule has 1 aliphatic rings. The fourth-order valence-electron chi connectivity index (χ4n) is 2.08. The first-order chi connectivity index (χ1) is 6.72. The Balaban J connectivity index is 2.28. The average Bonchev–Trinajstić information content (AvgIpc) is 2.67. The van der Waals surface area contributed by atoms with Crippen LogP contribution in [0.4, 0.5) is 0 Å². The first kappa shape index (κ1) is 12.0. The number of hydrogen-bond donors (Lipinski definition) is 2. The standard InChI is InChI=1S/C11H20ClNO/c1-10(6-12)7-13-8-11(9-14)4-2-3-5-11/h6,13-14H,2-5,7-9H2,1H3. The molecule has 0 aromatic rings. The Kier molecular flexibility index (Phi) is 4.93. The van der Waals surface area contributed by atoms with Gasteiger partial charge in [-0.3, -0.25) is 0 Å². The molecule has 3 heteroatoms. The maximum Gasteiger partial charge on any atom is 0.0499 e. The zero-order valence-electron chi connectivity index (χ0n) is 8.85. The molecule has 0 heterocycles. The predicted molar refractivity (Wildman–Crippen MR) is 60.5 cm³/mol. The van der Waals surface area contributed by atoms with E-state index in [1.165, 1.54) is 12.8 Å². The molecule has 0 bridgehead atoms. The molecule has 14 heavy (non-hydrogen) atoms. The molecule has 1 saturated carbocycles. The highest BCUT2D eigenvalue weighted by molar-refractivity contribution is 6.25. The second-order valence-corrected chi connectivity index (χ2v) is 4.64. The molecule has 0 aromatic carbocycles. The number of rotatable bonds is 5. The maximum atomic E-state index is 9.36. The summed E-state index contributed by atoms with van der Waals surface area (Å²) in [5, 5.41) is 12.7. The molecule has 2 nitrogen and oxygen atoms in total. The van der Waals surface area contributed by atoms with Crippen molar-refractivity contribution in [1.29, 1.82) is 0 Å². The minimum absolute atomic E-state index is 0.145. The van der Waals surface area contributed by atoms with E-state index in [9.17, 15) is 5.11 Å². The predicted octanol–water partition coefficient (Wildman–Crippen LogP) is 2.27. The summed E-state index contributed by atoms with van der Waals surface area (Å²) < 4.78 is 0. The van der Waals surface area contributed by atoms with Gasteiger partial charge in [0, 0.05) is 30.6 Å². The highest BCUT2D eigenvalue weighted by Crippen LogP contribution is 2.36. The van der Waals surface area contributed by atoms with Crippen molar-refractivity contribution < 1.29 is 5.11 Å². The van der Waals surface area contributed by atoms with Gasteiger partial charge >= 0.3 is 0 Å². The minimum Gasteiger partial charge on any atom is -0.396 e. The van der Waals surface area contributed by atoms with Crippen molar-refractivity contribution in [2.24, 2.45) is 5.41 Å². The van der Waals surface area contributed by atoms with Crippen LogP contribution in [0.15, 0.2) is 11.1 Å². The smallest absolute Gasteiger partial charge is 0.0499 e. The van der Waals surface area contributed by atoms with Gasteiger partial charge in [0.15, 0.2) is 0 Å². The number of halogens is 1. The van der Waals surface area contributed by atoms with Crippen molar-refractivity contribution >= 4 is 11.6 Å². The lowest BCUT2D eigenvalue weighted by Crippen LogP contribution is -2.35. The summed E-state index contributed by atoms with van der Waals surface area (Å²) in [5.41, 5.74) is 2.89. The van der Waals surface area contributed by atoms with Gasteiger partial charge in [-0.25, -0.2) is 0 Å². The lowest BCUT2D eigenvalue weighted by Gasteiger charge is -2.26. The van der Waals surface area contributed by atoms with Crippen LogP contribution in [0.5, 0.6) is 0 Å². The third-order valence-corrected chi connectivity index (χ3v) is 3.46. The molecule has 0 atom stereocenters. The highest BCUT2D eigenvalue weighted by Gasteiger charge is 2.32. The Bertz CT molecular complexity index is 197. The Morgan fingerprint density at radius 1 is 1.50 bits per heavy atom. The normalized spacial score (nSPS) is 21.5. The van der Waals surface area contributed by atoms with E-state index in [1.807, 2.05) is 6.92 Å². The molecule has 1 aliphatic carbocycles. The monoisotopic (exact) mass is 217 g/mol. The highest BCUT2D eigenvalue weighted by atomic mass is 35.5. The van der Waals surface area contributed by atoms with E-state index in [0.717, 1.165) is 31.5 Å². The molecular formula is C11H20ClNO. The van der Waals surface area contributed by atoms with Crippen LogP contribution in [-0.4, -0.2) is 24.8 Å². The first-order valence-corrected chi connectivity index (χ1v) is 5.73. The lowest BCUT2D eigenvalue weighted by molar-refractivity contribution is 0.129. The fraction of sp³-hybridized carbons (Fsp3) is 0.818. The van der Waals surface area contributed by atoms with Crippen LogP contribution in [0.3, 0.4) is 0 Å². The van der Waals surface area contributed by atoms with Crippen molar-refractivity contribution in [3.8, 4) is 0 Å². The van der Waals surface area contributed by atoms with Crippen LogP contribution >= 0.6 is 11.6 Å². The van der Waals surface area contributed by atoms with E-state index in [2.05, 4.69) is 5.32 Å². The van der Waals surface area contributed by atoms with Crippen molar-refractivity contribution in [1.82, 2.24) is 5.32 Å². The van der Waals surface area contributed by atoms with Gasteiger partial charge in [-0.2, -0.15) is 0 Å². The molecule has 0 aromatic heterocycles. The molecule has 1 rings (SSSR count). The molecule has 2 N–H and O–H groups in total. The van der Waals surface area contributed by atoms with Gasteiger partial charge in [-0.15, -0.1) is 0 Å². The van der Waals surface area contributed by atoms with Gasteiger partial charge in [0.2, 0.25) is 0 Å². The second kappa shape index (κ2) is 5.74. The molecule has 0 radical (unpaired) electrons. The summed E-state index contributed by atoms with van der Waals surface area (Å²) in [7, 11) is 0. The Morgan fingerprint density at radius 2 is 2.14 bits per heavy atom. The largest absolute Gasteiger partial charge is 0.396 e. The van der Waals surface area contributed by atoms with Crippen LogP contribution in [0.1, 0.15) is 32.6 Å². The summed E-state index contributed by atoms with van der Waals surface area (Å²) in [6.45, 7) is 4.04. The molecule has 0 saturated heterocycles. The number of nitrogens with one attached hydrogen (secondary N) is 1. The summed E-state index contributed by atoms with van der Waals surface area (Å²) in [6.07, 6.45) is 4.82. The van der Waals surface area contributed by atoms with Gasteiger partial charge in [-0.1, -0.05) is 24.4 Å². The third kappa shape index (κ3) is 3.26. The Morgan fingerprint density at radius 3 is 2.64 bits per heavy atom. The minimum atomic E-state index is 0.145. The van der Waals surface area contributed by atoms with E-state index in [-0.39, 0.29) is 5.41 Å². The van der Waals surface area contributed by atoms with Crippen LogP contribution in [0, 0.1) is 5.41 Å². The van der Waals surface area contributed by atoms with Gasteiger partial charge in [0.05, 0.1) is 0 Å². The molecule has 0 unspecified atom stereocenters. The Hall–Kier alpha value is -0.0500. The van der Waals surface area contributed by atoms with Crippen LogP contribution in [0.25, 0.3) is 0 Å². The van der Waals surface area contributed by atoms with Crippen molar-refractivity contribution in [3.63, 3.8) is 0 Å². The van der Waals surface area contributed by atoms with E-state index >= 15 is 0 Å². The number of hydrogen-bond acceptors (Lipinski definition) is 2. The van der Waals surface area contributed by atoms with Gasteiger partial charge in [0.1, 0.15) is 0 Å². The molecule has 1 fully saturated rings. The maximum absolute atomic E-state index is 9.36.